The summed E-state index contributed by atoms with van der Waals surface area (Å²) in [6.07, 6.45) is 3.23. The lowest BCUT2D eigenvalue weighted by molar-refractivity contribution is 0.102. The average Bonchev–Trinajstić information content (AvgIpc) is 3.04. The third-order valence-corrected chi connectivity index (χ3v) is 3.62. The molecule has 0 radical (unpaired) electrons. The monoisotopic (exact) mass is 316 g/mol. The molecule has 8 heteroatoms. The van der Waals surface area contributed by atoms with Crippen molar-refractivity contribution in [3.8, 4) is 0 Å². The first-order valence-corrected chi connectivity index (χ1v) is 7.65. The minimum Gasteiger partial charge on any atom is -0.378 e. The summed E-state index contributed by atoms with van der Waals surface area (Å²) in [6.45, 7) is 7.00. The lowest BCUT2D eigenvalue weighted by Crippen LogP contribution is -2.36. The van der Waals surface area contributed by atoms with Crippen LogP contribution in [0.15, 0.2) is 24.7 Å². The van der Waals surface area contributed by atoms with Crippen molar-refractivity contribution < 1.29 is 9.53 Å². The second-order valence-corrected chi connectivity index (χ2v) is 5.59. The van der Waals surface area contributed by atoms with Gasteiger partial charge in [-0.2, -0.15) is 0 Å². The third-order valence-electron chi connectivity index (χ3n) is 3.62. The van der Waals surface area contributed by atoms with Gasteiger partial charge in [-0.3, -0.25) is 15.1 Å². The Morgan fingerprint density at radius 3 is 2.78 bits per heavy atom. The van der Waals surface area contributed by atoms with Crippen LogP contribution in [-0.2, 0) is 4.74 Å². The lowest BCUT2D eigenvalue weighted by Gasteiger charge is -2.28. The van der Waals surface area contributed by atoms with Crippen LogP contribution in [0.2, 0.25) is 0 Å². The molecule has 1 aliphatic rings. The number of nitrogens with one attached hydrogen (secondary N) is 1. The molecule has 3 rings (SSSR count). The van der Waals surface area contributed by atoms with Crippen molar-refractivity contribution in [2.45, 2.75) is 19.9 Å². The Bertz CT molecular complexity index is 678. The number of nitrogens with zero attached hydrogens (tertiary/aromatic N) is 5. The van der Waals surface area contributed by atoms with Gasteiger partial charge in [0.2, 0.25) is 5.95 Å². The second-order valence-electron chi connectivity index (χ2n) is 5.59. The van der Waals surface area contributed by atoms with E-state index in [0.717, 1.165) is 18.8 Å². The maximum atomic E-state index is 12.3. The van der Waals surface area contributed by atoms with E-state index >= 15 is 0 Å². The first-order valence-electron chi connectivity index (χ1n) is 7.65. The molecular weight excluding hydrogens is 296 g/mol. The van der Waals surface area contributed by atoms with Crippen LogP contribution in [0.5, 0.6) is 0 Å². The Morgan fingerprint density at radius 1 is 1.30 bits per heavy atom. The number of anilines is 2. The predicted octanol–water partition coefficient (Wildman–Crippen LogP) is 1.34. The maximum Gasteiger partial charge on any atom is 0.276 e. The Labute approximate surface area is 134 Å². The Hall–Kier alpha value is -2.48. The molecule has 3 heterocycles. The normalized spacial score (nSPS) is 15.0. The highest BCUT2D eigenvalue weighted by molar-refractivity contribution is 6.02. The zero-order valence-corrected chi connectivity index (χ0v) is 13.3. The van der Waals surface area contributed by atoms with Crippen LogP contribution in [0.25, 0.3) is 0 Å². The van der Waals surface area contributed by atoms with Crippen molar-refractivity contribution >= 4 is 17.5 Å². The van der Waals surface area contributed by atoms with Crippen molar-refractivity contribution in [1.82, 2.24) is 19.7 Å². The van der Waals surface area contributed by atoms with Crippen LogP contribution in [0.3, 0.4) is 0 Å². The van der Waals surface area contributed by atoms with E-state index in [-0.39, 0.29) is 17.9 Å². The van der Waals surface area contributed by atoms with Crippen molar-refractivity contribution in [3.05, 3.63) is 30.4 Å². The minimum absolute atomic E-state index is 0.191. The van der Waals surface area contributed by atoms with Gasteiger partial charge in [-0.05, 0) is 26.0 Å². The summed E-state index contributed by atoms with van der Waals surface area (Å²) in [5, 5.41) is 6.88. The predicted molar refractivity (Wildman–Crippen MR) is 85.6 cm³/mol. The van der Waals surface area contributed by atoms with Crippen LogP contribution in [0.4, 0.5) is 11.6 Å². The zero-order chi connectivity index (χ0) is 16.2. The van der Waals surface area contributed by atoms with Crippen molar-refractivity contribution in [3.63, 3.8) is 0 Å². The number of ether oxygens (including phenoxy) is 1. The molecule has 0 spiro atoms. The topological polar surface area (TPSA) is 85.2 Å². The number of pyridine rings is 1. The molecule has 0 saturated carbocycles. The molecule has 0 unspecified atom stereocenters. The van der Waals surface area contributed by atoms with E-state index in [4.69, 9.17) is 4.74 Å². The fourth-order valence-electron chi connectivity index (χ4n) is 2.31. The van der Waals surface area contributed by atoms with Crippen LogP contribution in [0.1, 0.15) is 30.4 Å². The Morgan fingerprint density at radius 2 is 2.09 bits per heavy atom. The van der Waals surface area contributed by atoms with Gasteiger partial charge in [0.15, 0.2) is 0 Å². The first kappa shape index (κ1) is 15.4. The number of hydrogen-bond acceptors (Lipinski definition) is 6. The summed E-state index contributed by atoms with van der Waals surface area (Å²) in [7, 11) is 0. The van der Waals surface area contributed by atoms with Gasteiger partial charge in [-0.15, -0.1) is 5.10 Å². The minimum atomic E-state index is -0.318. The Balaban J connectivity index is 1.71. The van der Waals surface area contributed by atoms with E-state index in [1.165, 1.54) is 0 Å². The molecule has 2 aromatic heterocycles. The summed E-state index contributed by atoms with van der Waals surface area (Å²) < 4.78 is 7.03. The SMILES string of the molecule is CC(C)n1cnc(NC(=O)c2cc(N3CCOCC3)ccn2)n1. The molecule has 1 N–H and O–H groups in total. The molecule has 1 saturated heterocycles. The lowest BCUT2D eigenvalue weighted by atomic mass is 10.2. The summed E-state index contributed by atoms with van der Waals surface area (Å²) in [5.74, 6) is -0.0381. The van der Waals surface area contributed by atoms with Gasteiger partial charge >= 0.3 is 0 Å². The summed E-state index contributed by atoms with van der Waals surface area (Å²) in [6, 6.07) is 3.87. The number of carbonyl (C=O) groups excluding carboxylic acids is 1. The molecule has 1 fully saturated rings. The molecule has 0 bridgehead atoms. The van der Waals surface area contributed by atoms with Crippen molar-refractivity contribution in [2.24, 2.45) is 0 Å². The molecule has 1 amide bonds. The van der Waals surface area contributed by atoms with Gasteiger partial charge in [0.1, 0.15) is 12.0 Å². The van der Waals surface area contributed by atoms with Crippen molar-refractivity contribution in [1.29, 1.82) is 0 Å². The highest BCUT2D eigenvalue weighted by Gasteiger charge is 2.15. The number of hydrogen-bond donors (Lipinski definition) is 1. The highest BCUT2D eigenvalue weighted by Crippen LogP contribution is 2.16. The van der Waals surface area contributed by atoms with Crippen molar-refractivity contribution in [2.75, 3.05) is 36.5 Å². The number of amides is 1. The van der Waals surface area contributed by atoms with Crippen LogP contribution < -0.4 is 10.2 Å². The quantitative estimate of drug-likeness (QED) is 0.916. The van der Waals surface area contributed by atoms with Crippen LogP contribution in [-0.4, -0.2) is 52.0 Å². The van der Waals surface area contributed by atoms with Gasteiger partial charge in [0.25, 0.3) is 5.91 Å². The highest BCUT2D eigenvalue weighted by atomic mass is 16.5. The molecule has 122 valence electrons. The fraction of sp³-hybridized carbons (Fsp3) is 0.467. The van der Waals surface area contributed by atoms with Crippen LogP contribution in [0, 0.1) is 0 Å². The maximum absolute atomic E-state index is 12.3. The number of aromatic nitrogens is 4. The summed E-state index contributed by atoms with van der Waals surface area (Å²) in [5.41, 5.74) is 1.31. The van der Waals surface area contributed by atoms with Gasteiger partial charge in [-0.25, -0.2) is 9.67 Å². The number of morpholine rings is 1. The molecule has 0 aromatic carbocycles. The average molecular weight is 316 g/mol. The van der Waals surface area contributed by atoms with Gasteiger partial charge in [0.05, 0.1) is 13.2 Å². The molecule has 0 aliphatic carbocycles. The molecule has 8 nitrogen and oxygen atoms in total. The van der Waals surface area contributed by atoms with Gasteiger partial charge in [-0.1, -0.05) is 0 Å². The number of rotatable bonds is 4. The van der Waals surface area contributed by atoms with Gasteiger partial charge in [0, 0.05) is 31.0 Å². The first-order chi connectivity index (χ1) is 11.1. The summed E-state index contributed by atoms with van der Waals surface area (Å²) >= 11 is 0. The molecule has 0 atom stereocenters. The second kappa shape index (κ2) is 6.74. The largest absolute Gasteiger partial charge is 0.378 e. The molecule has 2 aromatic rings. The molecular formula is C15H20N6O2. The van der Waals surface area contributed by atoms with E-state index < -0.39 is 0 Å². The molecule has 1 aliphatic heterocycles. The zero-order valence-electron chi connectivity index (χ0n) is 13.3. The van der Waals surface area contributed by atoms with E-state index in [0.29, 0.717) is 18.9 Å². The van der Waals surface area contributed by atoms with E-state index in [1.807, 2.05) is 19.9 Å². The smallest absolute Gasteiger partial charge is 0.276 e. The molecule has 23 heavy (non-hydrogen) atoms. The summed E-state index contributed by atoms with van der Waals surface area (Å²) in [4.78, 5) is 22.7. The van der Waals surface area contributed by atoms with E-state index in [9.17, 15) is 4.79 Å². The van der Waals surface area contributed by atoms with E-state index in [1.54, 1.807) is 23.3 Å². The Kier molecular flexibility index (Phi) is 4.52. The standard InChI is InChI=1S/C15H20N6O2/c1-11(2)21-10-17-15(19-21)18-14(22)13-9-12(3-4-16-13)20-5-7-23-8-6-20/h3-4,9-11H,5-8H2,1-2H3,(H,18,19,22). The number of carbonyl (C=O) groups is 1. The van der Waals surface area contributed by atoms with Crippen LogP contribution >= 0.6 is 0 Å². The fourth-order valence-corrected chi connectivity index (χ4v) is 2.31. The third kappa shape index (κ3) is 3.65. The van der Waals surface area contributed by atoms with Gasteiger partial charge < -0.3 is 9.64 Å². The van der Waals surface area contributed by atoms with E-state index in [2.05, 4.69) is 25.3 Å².